The summed E-state index contributed by atoms with van der Waals surface area (Å²) in [6.07, 6.45) is 4.64. The van der Waals surface area contributed by atoms with Crippen molar-refractivity contribution in [2.45, 2.75) is 13.3 Å². The molecule has 0 bridgehead atoms. The van der Waals surface area contributed by atoms with Gasteiger partial charge in [-0.3, -0.25) is 19.8 Å². The van der Waals surface area contributed by atoms with Crippen LogP contribution in [0.3, 0.4) is 0 Å². The molecule has 2 heterocycles. The molecular formula is C24H18F2N4O2S2. The summed E-state index contributed by atoms with van der Waals surface area (Å²) >= 11 is 2.49. The van der Waals surface area contributed by atoms with E-state index < -0.39 is 17.5 Å². The van der Waals surface area contributed by atoms with E-state index in [0.29, 0.717) is 27.2 Å². The maximum Gasteiger partial charge on any atom is 0.250 e. The van der Waals surface area contributed by atoms with Gasteiger partial charge in [0.15, 0.2) is 10.3 Å². The van der Waals surface area contributed by atoms with E-state index in [1.807, 2.05) is 30.3 Å². The minimum Gasteiger partial charge on any atom is -0.298 e. The molecule has 0 saturated heterocycles. The number of benzene rings is 2. The summed E-state index contributed by atoms with van der Waals surface area (Å²) < 4.78 is 26.9. The van der Waals surface area contributed by atoms with Crippen molar-refractivity contribution in [1.29, 1.82) is 0 Å². The van der Waals surface area contributed by atoms with Gasteiger partial charge < -0.3 is 0 Å². The largest absolute Gasteiger partial charge is 0.298 e. The van der Waals surface area contributed by atoms with Gasteiger partial charge in [0.2, 0.25) is 11.8 Å². The molecule has 6 nitrogen and oxygen atoms in total. The molecule has 0 fully saturated rings. The number of carbonyl (C=O) groups is 2. The Morgan fingerprint density at radius 3 is 2.68 bits per heavy atom. The third-order valence-electron chi connectivity index (χ3n) is 4.60. The summed E-state index contributed by atoms with van der Waals surface area (Å²) in [4.78, 5) is 35.2. The van der Waals surface area contributed by atoms with E-state index in [-0.39, 0.29) is 12.3 Å². The van der Waals surface area contributed by atoms with E-state index in [0.717, 1.165) is 10.9 Å². The summed E-state index contributed by atoms with van der Waals surface area (Å²) in [5, 5.41) is 5.26. The number of halogens is 2. The second-order valence-corrected chi connectivity index (χ2v) is 9.06. The van der Waals surface area contributed by atoms with Crippen molar-refractivity contribution in [2.24, 2.45) is 0 Å². The summed E-state index contributed by atoms with van der Waals surface area (Å²) in [6.45, 7) is 1.46. The third kappa shape index (κ3) is 5.77. The standard InChI is InChI=1S/C24H18F2N4O2S2/c1-15(31)30(19-5-3-2-4-6-19)24-28-18(14-33-24)9-10-22(32)29-23-27-13-20(34-23)11-16-7-8-17(25)12-21(16)26/h2-10,12-14H,11H2,1H3,(H,27,29,32)/b10-9+. The number of nitrogens with zero attached hydrogens (tertiary/aromatic N) is 3. The highest BCUT2D eigenvalue weighted by Gasteiger charge is 2.17. The molecule has 0 saturated carbocycles. The number of thiazole rings is 2. The first-order valence-corrected chi connectivity index (χ1v) is 11.8. The molecule has 4 rings (SSSR count). The molecule has 4 aromatic rings. The van der Waals surface area contributed by atoms with E-state index in [1.54, 1.807) is 17.7 Å². The lowest BCUT2D eigenvalue weighted by Crippen LogP contribution is -2.22. The number of anilines is 3. The van der Waals surface area contributed by atoms with Gasteiger partial charge in [-0.25, -0.2) is 18.7 Å². The molecule has 1 N–H and O–H groups in total. The molecule has 0 aliphatic carbocycles. The molecule has 0 aliphatic heterocycles. The van der Waals surface area contributed by atoms with E-state index in [1.165, 1.54) is 52.7 Å². The highest BCUT2D eigenvalue weighted by Crippen LogP contribution is 2.29. The zero-order valence-corrected chi connectivity index (χ0v) is 19.5. The van der Waals surface area contributed by atoms with Crippen molar-refractivity contribution in [1.82, 2.24) is 9.97 Å². The van der Waals surface area contributed by atoms with Crippen LogP contribution in [0.4, 0.5) is 24.7 Å². The van der Waals surface area contributed by atoms with Crippen LogP contribution < -0.4 is 10.2 Å². The van der Waals surface area contributed by atoms with Gasteiger partial charge in [0.1, 0.15) is 11.6 Å². The van der Waals surface area contributed by atoms with E-state index >= 15 is 0 Å². The van der Waals surface area contributed by atoms with Crippen molar-refractivity contribution in [3.63, 3.8) is 0 Å². The van der Waals surface area contributed by atoms with Crippen LogP contribution in [0, 0.1) is 11.6 Å². The number of rotatable bonds is 7. The number of hydrogen-bond donors (Lipinski definition) is 1. The summed E-state index contributed by atoms with van der Waals surface area (Å²) in [5.41, 5.74) is 1.58. The van der Waals surface area contributed by atoms with E-state index in [2.05, 4.69) is 15.3 Å². The van der Waals surface area contributed by atoms with Gasteiger partial charge in [-0.15, -0.1) is 22.7 Å². The average molecular weight is 497 g/mol. The number of hydrogen-bond acceptors (Lipinski definition) is 6. The Morgan fingerprint density at radius 1 is 1.15 bits per heavy atom. The SMILES string of the molecule is CC(=O)N(c1ccccc1)c1nc(/C=C/C(=O)Nc2ncc(Cc3ccc(F)cc3F)s2)cs1. The van der Waals surface area contributed by atoms with E-state index in [4.69, 9.17) is 0 Å². The second-order valence-electron chi connectivity index (χ2n) is 7.11. The Labute approximate surface area is 202 Å². The number of para-hydroxylation sites is 1. The normalized spacial score (nSPS) is 11.0. The van der Waals surface area contributed by atoms with Gasteiger partial charge in [0.05, 0.1) is 11.4 Å². The highest BCUT2D eigenvalue weighted by molar-refractivity contribution is 7.15. The van der Waals surface area contributed by atoms with Gasteiger partial charge in [0.25, 0.3) is 0 Å². The zero-order chi connectivity index (χ0) is 24.1. The minimum atomic E-state index is -0.633. The molecule has 0 unspecified atom stereocenters. The Kier molecular flexibility index (Phi) is 7.19. The molecule has 0 aliphatic rings. The average Bonchev–Trinajstić information content (AvgIpc) is 3.44. The van der Waals surface area contributed by atoms with Crippen LogP contribution in [0.5, 0.6) is 0 Å². The maximum atomic E-state index is 13.8. The predicted octanol–water partition coefficient (Wildman–Crippen LogP) is 5.81. The summed E-state index contributed by atoms with van der Waals surface area (Å²) in [7, 11) is 0. The zero-order valence-electron chi connectivity index (χ0n) is 17.9. The van der Waals surface area contributed by atoms with Gasteiger partial charge >= 0.3 is 0 Å². The third-order valence-corrected chi connectivity index (χ3v) is 6.36. The van der Waals surface area contributed by atoms with Crippen molar-refractivity contribution in [3.05, 3.63) is 94.0 Å². The molecule has 2 amide bonds. The second kappa shape index (κ2) is 10.4. The number of nitrogens with one attached hydrogen (secondary N) is 1. The van der Waals surface area contributed by atoms with Gasteiger partial charge in [-0.05, 0) is 29.8 Å². The first-order chi connectivity index (χ1) is 16.4. The predicted molar refractivity (Wildman–Crippen MR) is 130 cm³/mol. The van der Waals surface area contributed by atoms with Crippen LogP contribution in [-0.4, -0.2) is 21.8 Å². The lowest BCUT2D eigenvalue weighted by molar-refractivity contribution is -0.116. The summed E-state index contributed by atoms with van der Waals surface area (Å²) in [5.74, 6) is -1.84. The van der Waals surface area contributed by atoms with Crippen LogP contribution in [0.25, 0.3) is 6.08 Å². The Bertz CT molecular complexity index is 1350. The Morgan fingerprint density at radius 2 is 1.94 bits per heavy atom. The molecule has 2 aromatic heterocycles. The Balaban J connectivity index is 1.38. The van der Waals surface area contributed by atoms with Crippen LogP contribution in [0.15, 0.2) is 66.2 Å². The quantitative estimate of drug-likeness (QED) is 0.328. The molecule has 10 heteroatoms. The van der Waals surface area contributed by atoms with E-state index in [9.17, 15) is 18.4 Å². The smallest absolute Gasteiger partial charge is 0.250 e. The monoisotopic (exact) mass is 496 g/mol. The van der Waals surface area contributed by atoms with Crippen molar-refractivity contribution < 1.29 is 18.4 Å². The van der Waals surface area contributed by atoms with Gasteiger partial charge in [-0.1, -0.05) is 24.3 Å². The van der Waals surface area contributed by atoms with Gasteiger partial charge in [-0.2, -0.15) is 0 Å². The number of amides is 2. The number of carbonyl (C=O) groups excluding carboxylic acids is 2. The molecule has 0 spiro atoms. The fourth-order valence-corrected chi connectivity index (χ4v) is 4.76. The topological polar surface area (TPSA) is 75.2 Å². The molecule has 34 heavy (non-hydrogen) atoms. The van der Waals surface area contributed by atoms with Gasteiger partial charge in [0, 0.05) is 41.9 Å². The van der Waals surface area contributed by atoms with Crippen LogP contribution in [0.1, 0.15) is 23.1 Å². The van der Waals surface area contributed by atoms with Crippen LogP contribution in [0.2, 0.25) is 0 Å². The number of aromatic nitrogens is 2. The lowest BCUT2D eigenvalue weighted by Gasteiger charge is -2.17. The molecule has 0 atom stereocenters. The van der Waals surface area contributed by atoms with Crippen molar-refractivity contribution >= 4 is 56.5 Å². The first-order valence-electron chi connectivity index (χ1n) is 10.1. The molecule has 0 radical (unpaired) electrons. The fraction of sp³-hybridized carbons (Fsp3) is 0.0833. The van der Waals surface area contributed by atoms with Crippen LogP contribution in [-0.2, 0) is 16.0 Å². The highest BCUT2D eigenvalue weighted by atomic mass is 32.1. The molecule has 2 aromatic carbocycles. The molecular weight excluding hydrogens is 478 g/mol. The minimum absolute atomic E-state index is 0.172. The summed E-state index contributed by atoms with van der Waals surface area (Å²) in [6, 6.07) is 12.6. The van der Waals surface area contributed by atoms with Crippen LogP contribution >= 0.6 is 22.7 Å². The first kappa shape index (κ1) is 23.4. The lowest BCUT2D eigenvalue weighted by atomic mass is 10.1. The maximum absolute atomic E-state index is 13.8. The fourth-order valence-electron chi connectivity index (χ4n) is 3.07. The van der Waals surface area contributed by atoms with Crippen molar-refractivity contribution in [2.75, 3.05) is 10.2 Å². The van der Waals surface area contributed by atoms with Crippen molar-refractivity contribution in [3.8, 4) is 0 Å². The molecule has 172 valence electrons. The Hall–Kier alpha value is -3.76.